The fourth-order valence-electron chi connectivity index (χ4n) is 1.38. The molecule has 0 unspecified atom stereocenters. The topological polar surface area (TPSA) is 60.2 Å². The third-order valence-corrected chi connectivity index (χ3v) is 2.16. The Morgan fingerprint density at radius 2 is 1.94 bits per heavy atom. The van der Waals surface area contributed by atoms with Crippen LogP contribution in [0.2, 0.25) is 0 Å². The smallest absolute Gasteiger partial charge is 0.230 e. The van der Waals surface area contributed by atoms with Gasteiger partial charge in [0, 0.05) is 0 Å². The molecule has 0 bridgehead atoms. The minimum Gasteiger partial charge on any atom is -0.493 e. The fourth-order valence-corrected chi connectivity index (χ4v) is 1.38. The van der Waals surface area contributed by atoms with Gasteiger partial charge in [-0.2, -0.15) is 0 Å². The van der Waals surface area contributed by atoms with Gasteiger partial charge in [0.25, 0.3) is 0 Å². The maximum atomic E-state index is 5.54. The summed E-state index contributed by atoms with van der Waals surface area (Å²) in [5.74, 6) is 2.05. The van der Waals surface area contributed by atoms with Crippen LogP contribution in [0.25, 0.3) is 0 Å². The average molecular weight is 233 g/mol. The lowest BCUT2D eigenvalue weighted by molar-refractivity contribution is 0.303. The monoisotopic (exact) mass is 233 g/mol. The minimum absolute atomic E-state index is 0.533. The molecular weight excluding hydrogens is 218 g/mol. The van der Waals surface area contributed by atoms with Gasteiger partial charge >= 0.3 is 0 Å². The van der Waals surface area contributed by atoms with Crippen LogP contribution in [-0.2, 0) is 13.0 Å². The highest BCUT2D eigenvalue weighted by molar-refractivity contribution is 5.20. The van der Waals surface area contributed by atoms with Gasteiger partial charge in [0.15, 0.2) is 0 Å². The van der Waals surface area contributed by atoms with Crippen molar-refractivity contribution in [1.82, 2.24) is 15.5 Å². The second kappa shape index (κ2) is 6.00. The van der Waals surface area contributed by atoms with E-state index in [1.165, 1.54) is 0 Å². The fraction of sp³-hybridized carbons (Fsp3) is 0.333. The second-order valence-electron chi connectivity index (χ2n) is 3.53. The van der Waals surface area contributed by atoms with Crippen molar-refractivity contribution in [3.8, 4) is 5.75 Å². The highest BCUT2D eigenvalue weighted by Gasteiger charge is 2.04. The summed E-state index contributed by atoms with van der Waals surface area (Å²) >= 11 is 0. The highest BCUT2D eigenvalue weighted by Crippen LogP contribution is 2.09. The van der Waals surface area contributed by atoms with Crippen LogP contribution in [0.15, 0.2) is 34.7 Å². The van der Waals surface area contributed by atoms with Gasteiger partial charge in [-0.15, -0.1) is 10.2 Å². The molecule has 1 heterocycles. The first-order valence-electron chi connectivity index (χ1n) is 5.52. The van der Waals surface area contributed by atoms with E-state index in [9.17, 15) is 0 Å². The Balaban J connectivity index is 1.78. The molecule has 17 heavy (non-hydrogen) atoms. The number of nitrogens with one attached hydrogen (secondary N) is 1. The van der Waals surface area contributed by atoms with Gasteiger partial charge in [-0.3, -0.25) is 0 Å². The SMILES string of the molecule is CNCc1nnc(CCOc2ccccc2)o1. The number of hydrogen-bond donors (Lipinski definition) is 1. The average Bonchev–Trinajstić information content (AvgIpc) is 2.79. The molecule has 0 saturated heterocycles. The molecule has 1 aromatic carbocycles. The van der Waals surface area contributed by atoms with Crippen LogP contribution in [0.3, 0.4) is 0 Å². The minimum atomic E-state index is 0.533. The van der Waals surface area contributed by atoms with Crippen molar-refractivity contribution in [2.24, 2.45) is 0 Å². The number of aromatic nitrogens is 2. The molecule has 2 aromatic rings. The number of benzene rings is 1. The van der Waals surface area contributed by atoms with E-state index < -0.39 is 0 Å². The van der Waals surface area contributed by atoms with Gasteiger partial charge in [-0.1, -0.05) is 18.2 Å². The van der Waals surface area contributed by atoms with Gasteiger partial charge in [-0.05, 0) is 19.2 Å². The van der Waals surface area contributed by atoms with E-state index in [0.717, 1.165) is 5.75 Å². The van der Waals surface area contributed by atoms with Crippen molar-refractivity contribution in [3.63, 3.8) is 0 Å². The molecule has 1 aromatic heterocycles. The zero-order valence-corrected chi connectivity index (χ0v) is 9.72. The zero-order valence-electron chi connectivity index (χ0n) is 9.72. The Morgan fingerprint density at radius 3 is 2.71 bits per heavy atom. The van der Waals surface area contributed by atoms with E-state index in [2.05, 4.69) is 15.5 Å². The van der Waals surface area contributed by atoms with Gasteiger partial charge in [0.05, 0.1) is 19.6 Å². The molecule has 2 rings (SSSR count). The molecule has 0 amide bonds. The molecule has 5 nitrogen and oxygen atoms in total. The van der Waals surface area contributed by atoms with E-state index >= 15 is 0 Å². The lowest BCUT2D eigenvalue weighted by atomic mass is 10.3. The molecule has 0 aliphatic rings. The van der Waals surface area contributed by atoms with Crippen molar-refractivity contribution in [2.45, 2.75) is 13.0 Å². The summed E-state index contributed by atoms with van der Waals surface area (Å²) in [6.07, 6.45) is 0.617. The predicted molar refractivity (Wildman–Crippen MR) is 62.7 cm³/mol. The number of nitrogens with zero attached hydrogens (tertiary/aromatic N) is 2. The summed E-state index contributed by atoms with van der Waals surface area (Å²) in [5, 5.41) is 10.8. The third-order valence-electron chi connectivity index (χ3n) is 2.16. The maximum Gasteiger partial charge on any atom is 0.230 e. The normalized spacial score (nSPS) is 10.4. The number of rotatable bonds is 6. The molecule has 0 fully saturated rings. The van der Waals surface area contributed by atoms with Crippen molar-refractivity contribution in [2.75, 3.05) is 13.7 Å². The predicted octanol–water partition coefficient (Wildman–Crippen LogP) is 1.41. The van der Waals surface area contributed by atoms with E-state index in [-0.39, 0.29) is 0 Å². The summed E-state index contributed by atoms with van der Waals surface area (Å²) in [6.45, 7) is 1.12. The van der Waals surface area contributed by atoms with Crippen LogP contribution >= 0.6 is 0 Å². The quantitative estimate of drug-likeness (QED) is 0.817. The standard InChI is InChI=1S/C12H15N3O2/c1-13-9-12-15-14-11(17-12)7-8-16-10-5-3-2-4-6-10/h2-6,13H,7-9H2,1H3. The van der Waals surface area contributed by atoms with Gasteiger partial charge < -0.3 is 14.5 Å². The molecule has 5 heteroatoms. The summed E-state index contributed by atoms with van der Waals surface area (Å²) in [7, 11) is 1.84. The highest BCUT2D eigenvalue weighted by atomic mass is 16.5. The number of hydrogen-bond acceptors (Lipinski definition) is 5. The number of para-hydroxylation sites is 1. The largest absolute Gasteiger partial charge is 0.493 e. The van der Waals surface area contributed by atoms with Crippen LogP contribution in [0.4, 0.5) is 0 Å². The van der Waals surface area contributed by atoms with Crippen molar-refractivity contribution < 1.29 is 9.15 Å². The zero-order chi connectivity index (χ0) is 11.9. The molecule has 0 aliphatic carbocycles. The van der Waals surface area contributed by atoms with Crippen molar-refractivity contribution >= 4 is 0 Å². The van der Waals surface area contributed by atoms with Crippen LogP contribution < -0.4 is 10.1 Å². The molecule has 0 radical (unpaired) electrons. The Hall–Kier alpha value is -1.88. The van der Waals surface area contributed by atoms with Crippen molar-refractivity contribution in [1.29, 1.82) is 0 Å². The molecule has 0 atom stereocenters. The van der Waals surface area contributed by atoms with Gasteiger partial charge in [0.1, 0.15) is 5.75 Å². The first-order valence-corrected chi connectivity index (χ1v) is 5.52. The maximum absolute atomic E-state index is 5.54. The molecule has 1 N–H and O–H groups in total. The van der Waals surface area contributed by atoms with E-state index in [4.69, 9.17) is 9.15 Å². The van der Waals surface area contributed by atoms with Gasteiger partial charge in [-0.25, -0.2) is 0 Å². The number of ether oxygens (including phenoxy) is 1. The lowest BCUT2D eigenvalue weighted by Gasteiger charge is -2.02. The molecule has 0 spiro atoms. The summed E-state index contributed by atoms with van der Waals surface area (Å²) in [6, 6.07) is 9.66. The molecular formula is C12H15N3O2. The van der Waals surface area contributed by atoms with Crippen molar-refractivity contribution in [3.05, 3.63) is 42.1 Å². The van der Waals surface area contributed by atoms with Crippen LogP contribution in [0, 0.1) is 0 Å². The Bertz CT molecular complexity index is 442. The van der Waals surface area contributed by atoms with Crippen LogP contribution in [-0.4, -0.2) is 23.9 Å². The Kier molecular flexibility index (Phi) is 4.10. The lowest BCUT2D eigenvalue weighted by Crippen LogP contribution is -2.04. The Morgan fingerprint density at radius 1 is 1.18 bits per heavy atom. The van der Waals surface area contributed by atoms with E-state index in [0.29, 0.717) is 31.4 Å². The van der Waals surface area contributed by atoms with E-state index in [1.54, 1.807) is 0 Å². The molecule has 90 valence electrons. The van der Waals surface area contributed by atoms with E-state index in [1.807, 2.05) is 37.4 Å². The first kappa shape index (κ1) is 11.6. The summed E-state index contributed by atoms with van der Waals surface area (Å²) in [5.41, 5.74) is 0. The third kappa shape index (κ3) is 3.57. The summed E-state index contributed by atoms with van der Waals surface area (Å²) < 4.78 is 10.9. The first-order chi connectivity index (χ1) is 8.38. The van der Waals surface area contributed by atoms with Crippen LogP contribution in [0.1, 0.15) is 11.8 Å². The van der Waals surface area contributed by atoms with Crippen LogP contribution in [0.5, 0.6) is 5.75 Å². The molecule has 0 aliphatic heterocycles. The summed E-state index contributed by atoms with van der Waals surface area (Å²) in [4.78, 5) is 0. The van der Waals surface area contributed by atoms with Gasteiger partial charge in [0.2, 0.25) is 11.8 Å². The Labute approximate surface area is 99.8 Å². The molecule has 0 saturated carbocycles. The second-order valence-corrected chi connectivity index (χ2v) is 3.53.